The van der Waals surface area contributed by atoms with Gasteiger partial charge in [-0.1, -0.05) is 18.2 Å². The normalized spacial score (nSPS) is 16.9. The van der Waals surface area contributed by atoms with Crippen LogP contribution in [0.15, 0.2) is 29.3 Å². The van der Waals surface area contributed by atoms with Crippen molar-refractivity contribution in [1.82, 2.24) is 10.6 Å². The van der Waals surface area contributed by atoms with Gasteiger partial charge in [0, 0.05) is 19.5 Å². The third kappa shape index (κ3) is 4.82. The number of rotatable bonds is 5. The lowest BCUT2D eigenvalue weighted by Crippen LogP contribution is -2.39. The van der Waals surface area contributed by atoms with Gasteiger partial charge in [0.25, 0.3) is 0 Å². The number of benzene rings is 1. The SMILES string of the molecule is CCNC(=NCC1Cc2ccccc2O1)NCCO.I. The van der Waals surface area contributed by atoms with Gasteiger partial charge in [-0.15, -0.1) is 24.0 Å². The molecule has 0 aliphatic carbocycles. The van der Waals surface area contributed by atoms with Crippen LogP contribution in [-0.4, -0.2) is 43.4 Å². The minimum absolute atomic E-state index is 0. The van der Waals surface area contributed by atoms with E-state index in [-0.39, 0.29) is 36.7 Å². The van der Waals surface area contributed by atoms with Crippen LogP contribution in [-0.2, 0) is 6.42 Å². The molecule has 6 heteroatoms. The number of hydrogen-bond acceptors (Lipinski definition) is 3. The topological polar surface area (TPSA) is 65.9 Å². The van der Waals surface area contributed by atoms with E-state index in [0.29, 0.717) is 13.1 Å². The van der Waals surface area contributed by atoms with Crippen LogP contribution in [0, 0.1) is 0 Å². The molecule has 1 aliphatic heterocycles. The second-order valence-corrected chi connectivity index (χ2v) is 4.42. The van der Waals surface area contributed by atoms with Crippen LogP contribution in [0.2, 0.25) is 0 Å². The molecule has 0 aromatic heterocycles. The number of nitrogens with zero attached hydrogens (tertiary/aromatic N) is 1. The number of fused-ring (bicyclic) bond motifs is 1. The van der Waals surface area contributed by atoms with Crippen molar-refractivity contribution in [1.29, 1.82) is 0 Å². The van der Waals surface area contributed by atoms with E-state index in [9.17, 15) is 0 Å². The average Bonchev–Trinajstić information content (AvgIpc) is 2.84. The van der Waals surface area contributed by atoms with E-state index in [1.165, 1.54) is 5.56 Å². The standard InChI is InChI=1S/C14H21N3O2.HI/c1-2-15-14(16-7-8-18)17-10-12-9-11-5-3-4-6-13(11)19-12;/h3-6,12,18H,2,7-10H2,1H3,(H2,15,16,17);1H. The van der Waals surface area contributed by atoms with Gasteiger partial charge in [0.05, 0.1) is 13.2 Å². The Morgan fingerprint density at radius 2 is 2.20 bits per heavy atom. The molecule has 0 fully saturated rings. The molecular weight excluding hydrogens is 369 g/mol. The van der Waals surface area contributed by atoms with Gasteiger partial charge in [-0.3, -0.25) is 0 Å². The number of para-hydroxylation sites is 1. The van der Waals surface area contributed by atoms with Crippen LogP contribution >= 0.6 is 24.0 Å². The Morgan fingerprint density at radius 3 is 2.90 bits per heavy atom. The Hall–Kier alpha value is -1.02. The van der Waals surface area contributed by atoms with Crippen LogP contribution in [0.25, 0.3) is 0 Å². The highest BCUT2D eigenvalue weighted by Crippen LogP contribution is 2.27. The summed E-state index contributed by atoms with van der Waals surface area (Å²) in [6.45, 7) is 4.00. The van der Waals surface area contributed by atoms with E-state index in [2.05, 4.69) is 21.7 Å². The van der Waals surface area contributed by atoms with Crippen LogP contribution in [0.5, 0.6) is 5.75 Å². The molecule has 0 saturated heterocycles. The van der Waals surface area contributed by atoms with E-state index in [4.69, 9.17) is 9.84 Å². The van der Waals surface area contributed by atoms with Crippen molar-refractivity contribution in [3.63, 3.8) is 0 Å². The highest BCUT2D eigenvalue weighted by atomic mass is 127. The second kappa shape index (κ2) is 9.02. The summed E-state index contributed by atoms with van der Waals surface area (Å²) in [7, 11) is 0. The van der Waals surface area contributed by atoms with Gasteiger partial charge in [-0.2, -0.15) is 0 Å². The molecule has 5 nitrogen and oxygen atoms in total. The Balaban J connectivity index is 0.00000200. The molecule has 1 aromatic carbocycles. The fourth-order valence-electron chi connectivity index (χ4n) is 2.06. The summed E-state index contributed by atoms with van der Waals surface area (Å²) < 4.78 is 5.83. The minimum atomic E-state index is 0. The van der Waals surface area contributed by atoms with Gasteiger partial charge in [0.1, 0.15) is 11.9 Å². The van der Waals surface area contributed by atoms with E-state index in [1.54, 1.807) is 0 Å². The van der Waals surface area contributed by atoms with Crippen LogP contribution in [0.4, 0.5) is 0 Å². The van der Waals surface area contributed by atoms with E-state index >= 15 is 0 Å². The quantitative estimate of drug-likeness (QED) is 0.401. The second-order valence-electron chi connectivity index (χ2n) is 4.42. The molecular formula is C14H22IN3O2. The number of hydrogen-bond donors (Lipinski definition) is 3. The number of ether oxygens (including phenoxy) is 1. The molecule has 0 radical (unpaired) electrons. The number of aliphatic imine (C=N–C) groups is 1. The van der Waals surface area contributed by atoms with Crippen molar-refractivity contribution in [2.75, 3.05) is 26.2 Å². The first-order valence-corrected chi connectivity index (χ1v) is 6.71. The average molecular weight is 391 g/mol. The zero-order chi connectivity index (χ0) is 13.5. The number of aliphatic hydroxyl groups is 1. The van der Waals surface area contributed by atoms with Gasteiger partial charge in [0.15, 0.2) is 5.96 Å². The fraction of sp³-hybridized carbons (Fsp3) is 0.500. The molecule has 1 heterocycles. The third-order valence-corrected chi connectivity index (χ3v) is 2.92. The molecule has 0 amide bonds. The van der Waals surface area contributed by atoms with Crippen molar-refractivity contribution in [2.24, 2.45) is 4.99 Å². The molecule has 1 aliphatic rings. The molecule has 20 heavy (non-hydrogen) atoms. The highest BCUT2D eigenvalue weighted by Gasteiger charge is 2.21. The lowest BCUT2D eigenvalue weighted by Gasteiger charge is -2.12. The Morgan fingerprint density at radius 1 is 1.40 bits per heavy atom. The van der Waals surface area contributed by atoms with E-state index < -0.39 is 0 Å². The summed E-state index contributed by atoms with van der Waals surface area (Å²) in [6.07, 6.45) is 1.00. The van der Waals surface area contributed by atoms with Crippen molar-refractivity contribution in [2.45, 2.75) is 19.4 Å². The first-order chi connectivity index (χ1) is 9.33. The summed E-state index contributed by atoms with van der Waals surface area (Å²) in [5.41, 5.74) is 1.25. The Kier molecular flexibility index (Phi) is 7.68. The summed E-state index contributed by atoms with van der Waals surface area (Å²) >= 11 is 0. The predicted molar refractivity (Wildman–Crippen MR) is 91.0 cm³/mol. The van der Waals surface area contributed by atoms with Crippen molar-refractivity contribution < 1.29 is 9.84 Å². The van der Waals surface area contributed by atoms with Crippen molar-refractivity contribution in [3.05, 3.63) is 29.8 Å². The lowest BCUT2D eigenvalue weighted by atomic mass is 10.1. The number of nitrogens with one attached hydrogen (secondary N) is 2. The molecule has 0 bridgehead atoms. The molecule has 112 valence electrons. The van der Waals surface area contributed by atoms with E-state index in [1.807, 2.05) is 25.1 Å². The van der Waals surface area contributed by atoms with Crippen LogP contribution < -0.4 is 15.4 Å². The largest absolute Gasteiger partial charge is 0.488 e. The third-order valence-electron chi connectivity index (χ3n) is 2.92. The molecule has 1 unspecified atom stereocenters. The Bertz CT molecular complexity index is 415. The molecule has 1 atom stereocenters. The van der Waals surface area contributed by atoms with Crippen molar-refractivity contribution in [3.8, 4) is 5.75 Å². The van der Waals surface area contributed by atoms with Crippen LogP contribution in [0.3, 0.4) is 0 Å². The summed E-state index contributed by atoms with van der Waals surface area (Å²) in [4.78, 5) is 4.47. The molecule has 2 rings (SSSR count). The monoisotopic (exact) mass is 391 g/mol. The summed E-state index contributed by atoms with van der Waals surface area (Å²) in [5.74, 6) is 1.69. The zero-order valence-electron chi connectivity index (χ0n) is 11.6. The van der Waals surface area contributed by atoms with Crippen molar-refractivity contribution >= 4 is 29.9 Å². The summed E-state index contributed by atoms with van der Waals surface area (Å²) in [5, 5.41) is 15.0. The van der Waals surface area contributed by atoms with Gasteiger partial charge < -0.3 is 20.5 Å². The summed E-state index contributed by atoms with van der Waals surface area (Å²) in [6, 6.07) is 8.10. The highest BCUT2D eigenvalue weighted by molar-refractivity contribution is 14.0. The predicted octanol–water partition coefficient (Wildman–Crippen LogP) is 1.16. The maximum absolute atomic E-state index is 8.81. The minimum Gasteiger partial charge on any atom is -0.488 e. The molecule has 1 aromatic rings. The van der Waals surface area contributed by atoms with Gasteiger partial charge in [-0.05, 0) is 18.6 Å². The van der Waals surface area contributed by atoms with Gasteiger partial charge in [-0.25, -0.2) is 4.99 Å². The fourth-order valence-corrected chi connectivity index (χ4v) is 2.06. The number of halogens is 1. The maximum atomic E-state index is 8.81. The molecule has 3 N–H and O–H groups in total. The molecule has 0 saturated carbocycles. The number of guanidine groups is 1. The maximum Gasteiger partial charge on any atom is 0.191 e. The first kappa shape index (κ1) is 17.0. The first-order valence-electron chi connectivity index (χ1n) is 6.71. The lowest BCUT2D eigenvalue weighted by molar-refractivity contribution is 0.241. The van der Waals surface area contributed by atoms with Gasteiger partial charge in [0.2, 0.25) is 0 Å². The van der Waals surface area contributed by atoms with Crippen LogP contribution in [0.1, 0.15) is 12.5 Å². The zero-order valence-corrected chi connectivity index (χ0v) is 14.0. The molecule has 0 spiro atoms. The Labute approximate surface area is 136 Å². The van der Waals surface area contributed by atoms with E-state index in [0.717, 1.165) is 24.7 Å². The smallest absolute Gasteiger partial charge is 0.191 e. The number of aliphatic hydroxyl groups excluding tert-OH is 1. The van der Waals surface area contributed by atoms with Gasteiger partial charge >= 0.3 is 0 Å².